The summed E-state index contributed by atoms with van der Waals surface area (Å²) in [5.41, 5.74) is 2.23. The number of pyridine rings is 1. The molecule has 0 unspecified atom stereocenters. The van der Waals surface area contributed by atoms with E-state index in [0.29, 0.717) is 17.0 Å². The van der Waals surface area contributed by atoms with E-state index in [1.165, 1.54) is 12.3 Å². The zero-order chi connectivity index (χ0) is 19.5. The zero-order valence-corrected chi connectivity index (χ0v) is 14.8. The third kappa shape index (κ3) is 3.59. The molecule has 28 heavy (non-hydrogen) atoms. The fraction of sp³-hybridized carbons (Fsp3) is 0.235. The monoisotopic (exact) mass is 386 g/mol. The number of H-pyrrole nitrogens is 1. The topological polar surface area (TPSA) is 106 Å². The molecule has 144 valence electrons. The first-order valence-corrected chi connectivity index (χ1v) is 8.51. The molecule has 0 radical (unpaired) electrons. The van der Waals surface area contributed by atoms with Crippen LogP contribution in [0.2, 0.25) is 0 Å². The molecule has 0 aliphatic heterocycles. The van der Waals surface area contributed by atoms with Crippen LogP contribution >= 0.6 is 0 Å². The Kier molecular flexibility index (Phi) is 4.79. The van der Waals surface area contributed by atoms with Gasteiger partial charge in [-0.1, -0.05) is 13.0 Å². The van der Waals surface area contributed by atoms with Crippen molar-refractivity contribution in [2.24, 2.45) is 0 Å². The molecule has 0 aliphatic rings. The van der Waals surface area contributed by atoms with Crippen LogP contribution in [-0.2, 0) is 0 Å². The Morgan fingerprint density at radius 3 is 2.89 bits per heavy atom. The highest BCUT2D eigenvalue weighted by Gasteiger charge is 2.17. The lowest BCUT2D eigenvalue weighted by Gasteiger charge is -2.16. The van der Waals surface area contributed by atoms with Crippen LogP contribution in [0.4, 0.5) is 20.4 Å². The molecule has 4 aromatic heterocycles. The Balaban J connectivity index is 1.63. The minimum absolute atomic E-state index is 0.0489. The molecule has 0 bridgehead atoms. The Morgan fingerprint density at radius 2 is 2.14 bits per heavy atom. The number of nitrogens with zero attached hydrogens (tertiary/aromatic N) is 6. The van der Waals surface area contributed by atoms with Crippen molar-refractivity contribution in [2.75, 3.05) is 5.32 Å². The van der Waals surface area contributed by atoms with Gasteiger partial charge in [0.15, 0.2) is 17.3 Å². The predicted octanol–water partition coefficient (Wildman–Crippen LogP) is 3.29. The molecule has 4 heterocycles. The van der Waals surface area contributed by atoms with Crippen LogP contribution in [0.15, 0.2) is 43.0 Å². The molecule has 0 aromatic carbocycles. The van der Waals surface area contributed by atoms with E-state index in [0.717, 1.165) is 12.0 Å². The highest BCUT2D eigenvalue weighted by atomic mass is 19.3. The van der Waals surface area contributed by atoms with E-state index in [4.69, 9.17) is 0 Å². The van der Waals surface area contributed by atoms with Gasteiger partial charge in [-0.3, -0.25) is 4.98 Å². The predicted molar refractivity (Wildman–Crippen MR) is 96.5 cm³/mol. The first kappa shape index (κ1) is 17.8. The summed E-state index contributed by atoms with van der Waals surface area (Å²) in [6.07, 6.45) is 7.46. The van der Waals surface area contributed by atoms with Crippen molar-refractivity contribution in [3.05, 3.63) is 48.5 Å². The van der Waals surface area contributed by atoms with Gasteiger partial charge in [-0.2, -0.15) is 19.0 Å². The van der Waals surface area contributed by atoms with E-state index in [2.05, 4.69) is 47.2 Å². The summed E-state index contributed by atoms with van der Waals surface area (Å²) in [6, 6.07) is 5.12. The van der Waals surface area contributed by atoms with Crippen LogP contribution in [0.3, 0.4) is 0 Å². The second-order valence-corrected chi connectivity index (χ2v) is 5.88. The van der Waals surface area contributed by atoms with Crippen molar-refractivity contribution in [3.63, 3.8) is 0 Å². The number of hydrogen-bond acceptors (Lipinski definition) is 7. The van der Waals surface area contributed by atoms with Gasteiger partial charge in [0.1, 0.15) is 5.52 Å². The molecule has 0 saturated carbocycles. The van der Waals surface area contributed by atoms with Crippen LogP contribution in [0.25, 0.3) is 11.2 Å². The summed E-state index contributed by atoms with van der Waals surface area (Å²) in [6.45, 7) is -0.883. The van der Waals surface area contributed by atoms with Gasteiger partial charge in [-0.25, -0.2) is 19.7 Å². The fourth-order valence-electron chi connectivity index (χ4n) is 2.89. The lowest BCUT2D eigenvalue weighted by molar-refractivity contribution is -0.0528. The Morgan fingerprint density at radius 1 is 1.25 bits per heavy atom. The zero-order valence-electron chi connectivity index (χ0n) is 14.8. The molecule has 4 rings (SSSR count). The molecule has 2 N–H and O–H groups in total. The van der Waals surface area contributed by atoms with Crippen molar-refractivity contribution in [1.29, 1.82) is 0 Å². The fourth-order valence-corrected chi connectivity index (χ4v) is 2.89. The number of fused-ring (bicyclic) bond motifs is 1. The number of nitrogens with one attached hydrogen (secondary N) is 2. The van der Waals surface area contributed by atoms with Crippen LogP contribution in [0.1, 0.15) is 24.9 Å². The second kappa shape index (κ2) is 7.55. The van der Waals surface area contributed by atoms with Gasteiger partial charge >= 0.3 is 6.61 Å². The first-order chi connectivity index (χ1) is 13.6. The van der Waals surface area contributed by atoms with Gasteiger partial charge in [0.2, 0.25) is 5.88 Å². The van der Waals surface area contributed by atoms with Crippen LogP contribution < -0.4 is 10.1 Å². The summed E-state index contributed by atoms with van der Waals surface area (Å²) in [4.78, 5) is 13.1. The van der Waals surface area contributed by atoms with Crippen molar-refractivity contribution in [3.8, 4) is 5.88 Å². The lowest BCUT2D eigenvalue weighted by atomic mass is 10.1. The molecule has 4 aromatic rings. The summed E-state index contributed by atoms with van der Waals surface area (Å²) in [7, 11) is 0. The normalized spacial score (nSPS) is 12.4. The van der Waals surface area contributed by atoms with Crippen molar-refractivity contribution < 1.29 is 13.5 Å². The number of alkyl halides is 2. The molecule has 0 spiro atoms. The number of rotatable bonds is 7. The smallest absolute Gasteiger partial charge is 0.388 e. The summed E-state index contributed by atoms with van der Waals surface area (Å²) < 4.78 is 30.6. The van der Waals surface area contributed by atoms with Gasteiger partial charge in [-0.05, 0) is 18.1 Å². The average Bonchev–Trinajstić information content (AvgIpc) is 3.30. The Hall–Kier alpha value is -3.63. The Labute approximate surface area is 157 Å². The third-order valence-corrected chi connectivity index (χ3v) is 4.08. The highest BCUT2D eigenvalue weighted by Crippen LogP contribution is 2.25. The standard InChI is InChI=1S/C17H16F2N8O/c1-2-12(10-4-3-5-20-7-10)27-16-11(8-22-27)21-9-14(24-16)23-13-6-15(26-25-13)28-17(18)19/h3-9,12,17H,2H2,1H3,(H2,23,24,25,26)/t12-/m0/s1. The first-order valence-electron chi connectivity index (χ1n) is 8.51. The third-order valence-electron chi connectivity index (χ3n) is 4.08. The maximum absolute atomic E-state index is 12.3. The van der Waals surface area contributed by atoms with Gasteiger partial charge in [0.05, 0.1) is 18.4 Å². The van der Waals surface area contributed by atoms with Crippen LogP contribution in [-0.4, -0.2) is 41.5 Å². The van der Waals surface area contributed by atoms with E-state index < -0.39 is 6.61 Å². The number of anilines is 2. The average molecular weight is 386 g/mol. The van der Waals surface area contributed by atoms with E-state index in [9.17, 15) is 8.78 Å². The number of aromatic amines is 1. The molecular formula is C17H16F2N8O. The SMILES string of the molecule is CC[C@@H](c1cccnc1)n1ncc2ncc(Nc3cc(OC(F)F)[nH]n3)nc21. The number of halogens is 2. The van der Waals surface area contributed by atoms with Crippen molar-refractivity contribution in [1.82, 2.24) is 34.9 Å². The molecule has 0 aliphatic carbocycles. The maximum atomic E-state index is 12.3. The molecule has 0 saturated heterocycles. The quantitative estimate of drug-likeness (QED) is 0.502. The molecule has 1 atom stereocenters. The number of hydrogen-bond donors (Lipinski definition) is 2. The van der Waals surface area contributed by atoms with Crippen LogP contribution in [0, 0.1) is 0 Å². The van der Waals surface area contributed by atoms with Crippen LogP contribution in [0.5, 0.6) is 5.88 Å². The Bertz CT molecular complexity index is 1070. The van der Waals surface area contributed by atoms with E-state index in [-0.39, 0.29) is 17.7 Å². The summed E-state index contributed by atoms with van der Waals surface area (Å²) >= 11 is 0. The molecule has 9 nitrogen and oxygen atoms in total. The molecule has 0 fully saturated rings. The van der Waals surface area contributed by atoms with Gasteiger partial charge in [0.25, 0.3) is 0 Å². The highest BCUT2D eigenvalue weighted by molar-refractivity contribution is 5.72. The second-order valence-electron chi connectivity index (χ2n) is 5.88. The van der Waals surface area contributed by atoms with E-state index in [1.807, 2.05) is 12.1 Å². The van der Waals surface area contributed by atoms with E-state index >= 15 is 0 Å². The number of ether oxygens (including phenoxy) is 1. The van der Waals surface area contributed by atoms with Crippen molar-refractivity contribution in [2.45, 2.75) is 26.0 Å². The molecule has 11 heteroatoms. The summed E-state index contributed by atoms with van der Waals surface area (Å²) in [5.74, 6) is 0.513. The number of aromatic nitrogens is 7. The minimum Gasteiger partial charge on any atom is -0.417 e. The lowest BCUT2D eigenvalue weighted by Crippen LogP contribution is -2.12. The van der Waals surface area contributed by atoms with Crippen molar-refractivity contribution >= 4 is 22.8 Å². The van der Waals surface area contributed by atoms with E-state index in [1.54, 1.807) is 23.3 Å². The summed E-state index contributed by atoms with van der Waals surface area (Å²) in [5, 5.41) is 13.6. The maximum Gasteiger partial charge on any atom is 0.388 e. The van der Waals surface area contributed by atoms with Gasteiger partial charge < -0.3 is 10.1 Å². The molecular weight excluding hydrogens is 370 g/mol. The van der Waals surface area contributed by atoms with Gasteiger partial charge in [-0.15, -0.1) is 0 Å². The largest absolute Gasteiger partial charge is 0.417 e. The van der Waals surface area contributed by atoms with Gasteiger partial charge in [0, 0.05) is 18.5 Å². The molecule has 0 amide bonds. The minimum atomic E-state index is -2.93.